The zero-order valence-electron chi connectivity index (χ0n) is 10.8. The Morgan fingerprint density at radius 3 is 2.41 bits per heavy atom. The molecule has 1 atom stereocenters. The van der Waals surface area contributed by atoms with E-state index in [4.69, 9.17) is 10.8 Å². The second kappa shape index (κ2) is 4.74. The first-order valence-corrected chi connectivity index (χ1v) is 6.45. The number of rotatable bonds is 4. The van der Waals surface area contributed by atoms with Gasteiger partial charge in [-0.1, -0.05) is 20.8 Å². The number of nitrogens with zero attached hydrogens (tertiary/aromatic N) is 1. The molecule has 0 amide bonds. The van der Waals surface area contributed by atoms with Crippen LogP contribution in [0.1, 0.15) is 38.4 Å². The van der Waals surface area contributed by atoms with Crippen LogP contribution in [0.3, 0.4) is 0 Å². The fourth-order valence-corrected chi connectivity index (χ4v) is 2.51. The molecule has 1 rings (SSSR count). The van der Waals surface area contributed by atoms with Gasteiger partial charge in [-0.05, 0) is 6.92 Å². The Morgan fingerprint density at radius 1 is 1.47 bits per heavy atom. The summed E-state index contributed by atoms with van der Waals surface area (Å²) in [6.07, 6.45) is 0.388. The SMILES string of the molecule is CC(CN)(Cc1nc(C(C)(C)C)cs1)C(=O)O. The van der Waals surface area contributed by atoms with Crippen LogP contribution in [0.2, 0.25) is 0 Å². The average molecular weight is 256 g/mol. The molecule has 0 aliphatic rings. The van der Waals surface area contributed by atoms with Gasteiger partial charge in [0.15, 0.2) is 0 Å². The van der Waals surface area contributed by atoms with E-state index < -0.39 is 11.4 Å². The maximum atomic E-state index is 11.2. The third-order valence-electron chi connectivity index (χ3n) is 2.83. The molecule has 96 valence electrons. The highest BCUT2D eigenvalue weighted by molar-refractivity contribution is 7.09. The molecule has 17 heavy (non-hydrogen) atoms. The highest BCUT2D eigenvalue weighted by atomic mass is 32.1. The van der Waals surface area contributed by atoms with Crippen molar-refractivity contribution >= 4 is 17.3 Å². The van der Waals surface area contributed by atoms with Gasteiger partial charge in [0, 0.05) is 23.8 Å². The van der Waals surface area contributed by atoms with Gasteiger partial charge in [-0.15, -0.1) is 11.3 Å². The van der Waals surface area contributed by atoms with E-state index in [-0.39, 0.29) is 12.0 Å². The second-order valence-electron chi connectivity index (χ2n) is 5.62. The Labute approximate surface area is 106 Å². The first-order chi connectivity index (χ1) is 7.69. The largest absolute Gasteiger partial charge is 0.481 e. The van der Waals surface area contributed by atoms with Gasteiger partial charge in [-0.3, -0.25) is 4.79 Å². The molecule has 0 aliphatic heterocycles. The van der Waals surface area contributed by atoms with Crippen LogP contribution in [0.25, 0.3) is 0 Å². The predicted octanol–water partition coefficient (Wildman–Crippen LogP) is 2.03. The fraction of sp³-hybridized carbons (Fsp3) is 0.667. The molecule has 0 saturated heterocycles. The van der Waals surface area contributed by atoms with Crippen molar-refractivity contribution in [3.63, 3.8) is 0 Å². The number of carbonyl (C=O) groups is 1. The van der Waals surface area contributed by atoms with E-state index in [1.807, 2.05) is 5.38 Å². The van der Waals surface area contributed by atoms with Gasteiger partial charge in [0.05, 0.1) is 16.1 Å². The number of thiazole rings is 1. The topological polar surface area (TPSA) is 76.2 Å². The standard InChI is InChI=1S/C12H20N2O2S/c1-11(2,3)8-6-17-9(14-8)5-12(4,7-13)10(15)16/h6H,5,7,13H2,1-4H3,(H,15,16). The predicted molar refractivity (Wildman–Crippen MR) is 69.3 cm³/mol. The zero-order valence-corrected chi connectivity index (χ0v) is 11.6. The number of aliphatic carboxylic acids is 1. The Kier molecular flexibility index (Phi) is 3.94. The summed E-state index contributed by atoms with van der Waals surface area (Å²) in [7, 11) is 0. The Hall–Kier alpha value is -0.940. The number of carboxylic acid groups (broad SMARTS) is 1. The number of nitrogens with two attached hydrogens (primary N) is 1. The monoisotopic (exact) mass is 256 g/mol. The van der Waals surface area contributed by atoms with Crippen molar-refractivity contribution in [3.05, 3.63) is 16.1 Å². The summed E-state index contributed by atoms with van der Waals surface area (Å²) in [6.45, 7) is 8.04. The van der Waals surface area contributed by atoms with Gasteiger partial charge in [0.2, 0.25) is 0 Å². The smallest absolute Gasteiger partial charge is 0.311 e. The van der Waals surface area contributed by atoms with Crippen LogP contribution in [0.4, 0.5) is 0 Å². The molecule has 0 spiro atoms. The molecule has 0 fully saturated rings. The summed E-state index contributed by atoms with van der Waals surface area (Å²) in [5, 5.41) is 12.0. The van der Waals surface area contributed by atoms with Crippen molar-refractivity contribution in [1.29, 1.82) is 0 Å². The van der Waals surface area contributed by atoms with E-state index in [0.29, 0.717) is 6.42 Å². The van der Waals surface area contributed by atoms with Crippen LogP contribution in [0, 0.1) is 5.41 Å². The van der Waals surface area contributed by atoms with Crippen LogP contribution in [-0.2, 0) is 16.6 Å². The Morgan fingerprint density at radius 2 is 2.06 bits per heavy atom. The molecule has 5 heteroatoms. The molecule has 1 aromatic rings. The van der Waals surface area contributed by atoms with E-state index in [9.17, 15) is 4.79 Å². The number of carboxylic acids is 1. The van der Waals surface area contributed by atoms with Gasteiger partial charge in [-0.25, -0.2) is 4.98 Å². The third kappa shape index (κ3) is 3.26. The maximum Gasteiger partial charge on any atom is 0.311 e. The van der Waals surface area contributed by atoms with Crippen LogP contribution in [0.5, 0.6) is 0 Å². The van der Waals surface area contributed by atoms with Gasteiger partial charge in [0.25, 0.3) is 0 Å². The van der Waals surface area contributed by atoms with E-state index in [0.717, 1.165) is 10.7 Å². The van der Waals surface area contributed by atoms with Crippen LogP contribution >= 0.6 is 11.3 Å². The molecule has 0 bridgehead atoms. The lowest BCUT2D eigenvalue weighted by Crippen LogP contribution is -2.37. The molecule has 4 nitrogen and oxygen atoms in total. The number of aromatic nitrogens is 1. The van der Waals surface area contributed by atoms with Crippen LogP contribution in [-0.4, -0.2) is 22.6 Å². The summed E-state index contributed by atoms with van der Waals surface area (Å²) in [5.74, 6) is -0.868. The minimum absolute atomic E-state index is 0.00289. The summed E-state index contributed by atoms with van der Waals surface area (Å²) in [5.41, 5.74) is 5.62. The Bertz CT molecular complexity index is 409. The molecule has 1 unspecified atom stereocenters. The Balaban J connectivity index is 2.89. The maximum absolute atomic E-state index is 11.2. The normalized spacial score (nSPS) is 15.6. The summed E-state index contributed by atoms with van der Waals surface area (Å²) in [6, 6.07) is 0. The highest BCUT2D eigenvalue weighted by Crippen LogP contribution is 2.28. The minimum atomic E-state index is -0.924. The lowest BCUT2D eigenvalue weighted by Gasteiger charge is -2.21. The number of hydrogen-bond donors (Lipinski definition) is 2. The lowest BCUT2D eigenvalue weighted by molar-refractivity contribution is -0.147. The van der Waals surface area contributed by atoms with Crippen molar-refractivity contribution in [2.75, 3.05) is 6.54 Å². The summed E-state index contributed by atoms with van der Waals surface area (Å²) < 4.78 is 0. The zero-order chi connectivity index (χ0) is 13.3. The van der Waals surface area contributed by atoms with Gasteiger partial charge in [-0.2, -0.15) is 0 Å². The van der Waals surface area contributed by atoms with Crippen molar-refractivity contribution in [2.45, 2.75) is 39.5 Å². The highest BCUT2D eigenvalue weighted by Gasteiger charge is 2.33. The minimum Gasteiger partial charge on any atom is -0.481 e. The van der Waals surface area contributed by atoms with Crippen molar-refractivity contribution in [2.24, 2.45) is 11.1 Å². The fourth-order valence-electron chi connectivity index (χ4n) is 1.31. The van der Waals surface area contributed by atoms with E-state index in [1.54, 1.807) is 6.92 Å². The molecule has 0 radical (unpaired) electrons. The second-order valence-corrected chi connectivity index (χ2v) is 6.57. The first kappa shape index (κ1) is 14.1. The summed E-state index contributed by atoms with van der Waals surface area (Å²) in [4.78, 5) is 15.7. The molecule has 3 N–H and O–H groups in total. The molecule has 1 aromatic heterocycles. The van der Waals surface area contributed by atoms with Gasteiger partial charge < -0.3 is 10.8 Å². The molecule has 0 aliphatic carbocycles. The van der Waals surface area contributed by atoms with Crippen molar-refractivity contribution < 1.29 is 9.90 Å². The summed E-state index contributed by atoms with van der Waals surface area (Å²) >= 11 is 1.51. The van der Waals surface area contributed by atoms with Crippen molar-refractivity contribution in [3.8, 4) is 0 Å². The quantitative estimate of drug-likeness (QED) is 0.864. The van der Waals surface area contributed by atoms with Gasteiger partial charge >= 0.3 is 5.97 Å². The lowest BCUT2D eigenvalue weighted by atomic mass is 9.87. The van der Waals surface area contributed by atoms with Gasteiger partial charge in [0.1, 0.15) is 0 Å². The van der Waals surface area contributed by atoms with Crippen LogP contribution in [0.15, 0.2) is 5.38 Å². The first-order valence-electron chi connectivity index (χ1n) is 5.57. The molecular weight excluding hydrogens is 236 g/mol. The van der Waals surface area contributed by atoms with Crippen molar-refractivity contribution in [1.82, 2.24) is 4.98 Å². The van der Waals surface area contributed by atoms with E-state index in [1.165, 1.54) is 11.3 Å². The molecule has 0 saturated carbocycles. The van der Waals surface area contributed by atoms with E-state index in [2.05, 4.69) is 25.8 Å². The third-order valence-corrected chi connectivity index (χ3v) is 3.68. The number of hydrogen-bond acceptors (Lipinski definition) is 4. The molecular formula is C12H20N2O2S. The molecule has 0 aromatic carbocycles. The van der Waals surface area contributed by atoms with Crippen LogP contribution < -0.4 is 5.73 Å². The average Bonchev–Trinajstić information content (AvgIpc) is 2.65. The molecule has 1 heterocycles. The van der Waals surface area contributed by atoms with E-state index >= 15 is 0 Å².